The first-order valence-corrected chi connectivity index (χ1v) is 7.29. The molecule has 2 aliphatic heterocycles. The minimum Gasteiger partial charge on any atom is -0.341 e. The van der Waals surface area contributed by atoms with Crippen molar-refractivity contribution in [3.63, 3.8) is 0 Å². The Labute approximate surface area is 106 Å². The summed E-state index contributed by atoms with van der Waals surface area (Å²) >= 11 is 1.59. The van der Waals surface area contributed by atoms with Gasteiger partial charge in [0.15, 0.2) is 0 Å². The number of thioether (sulfide) groups is 1. The zero-order valence-electron chi connectivity index (χ0n) is 10.3. The highest BCUT2D eigenvalue weighted by Crippen LogP contribution is 2.61. The SMILES string of the molecule is CC1(C)C2CN(C(=O)CN3CSCC3=O)CC21. The molecule has 0 N–H and O–H groups in total. The molecule has 3 aliphatic rings. The normalized spacial score (nSPS) is 34.1. The number of hydrogen-bond donors (Lipinski definition) is 0. The Hall–Kier alpha value is -0.710. The van der Waals surface area contributed by atoms with Gasteiger partial charge in [-0.05, 0) is 17.3 Å². The van der Waals surface area contributed by atoms with Crippen LogP contribution in [0.2, 0.25) is 0 Å². The number of carbonyl (C=O) groups is 2. The van der Waals surface area contributed by atoms with Gasteiger partial charge in [0.2, 0.25) is 11.8 Å². The van der Waals surface area contributed by atoms with Gasteiger partial charge >= 0.3 is 0 Å². The lowest BCUT2D eigenvalue weighted by Crippen LogP contribution is -2.41. The van der Waals surface area contributed by atoms with E-state index in [1.807, 2.05) is 4.90 Å². The van der Waals surface area contributed by atoms with E-state index in [1.165, 1.54) is 0 Å². The molecule has 3 fully saturated rings. The first kappa shape index (κ1) is 11.4. The molecule has 1 aliphatic carbocycles. The van der Waals surface area contributed by atoms with Gasteiger partial charge in [0.25, 0.3) is 0 Å². The third kappa shape index (κ3) is 1.75. The van der Waals surface area contributed by atoms with Crippen LogP contribution in [0.5, 0.6) is 0 Å². The van der Waals surface area contributed by atoms with Crippen molar-refractivity contribution in [1.82, 2.24) is 9.80 Å². The van der Waals surface area contributed by atoms with E-state index in [4.69, 9.17) is 0 Å². The number of likely N-dealkylation sites (tertiary alicyclic amines) is 1. The van der Waals surface area contributed by atoms with Gasteiger partial charge in [-0.15, -0.1) is 11.8 Å². The third-order valence-corrected chi connectivity index (χ3v) is 5.57. The summed E-state index contributed by atoms with van der Waals surface area (Å²) in [5.41, 5.74) is 0.441. The average Bonchev–Trinajstić information content (AvgIpc) is 2.70. The van der Waals surface area contributed by atoms with Crippen molar-refractivity contribution in [1.29, 1.82) is 0 Å². The Bertz CT molecular complexity index is 369. The van der Waals surface area contributed by atoms with Crippen LogP contribution in [-0.2, 0) is 9.59 Å². The monoisotopic (exact) mass is 254 g/mol. The second kappa shape index (κ2) is 3.64. The van der Waals surface area contributed by atoms with Crippen molar-refractivity contribution in [2.24, 2.45) is 17.3 Å². The van der Waals surface area contributed by atoms with Crippen molar-refractivity contribution in [2.75, 3.05) is 31.3 Å². The molecule has 2 unspecified atom stereocenters. The van der Waals surface area contributed by atoms with Crippen LogP contribution >= 0.6 is 11.8 Å². The molecule has 94 valence electrons. The molecule has 2 heterocycles. The van der Waals surface area contributed by atoms with E-state index >= 15 is 0 Å². The second-order valence-corrected chi connectivity index (χ2v) is 6.86. The lowest BCUT2D eigenvalue weighted by atomic mass is 10.1. The van der Waals surface area contributed by atoms with Gasteiger partial charge in [-0.3, -0.25) is 9.59 Å². The van der Waals surface area contributed by atoms with Gasteiger partial charge in [-0.2, -0.15) is 0 Å². The number of rotatable bonds is 2. The predicted molar refractivity (Wildman–Crippen MR) is 66.4 cm³/mol. The Kier molecular flexibility index (Phi) is 2.44. The zero-order valence-corrected chi connectivity index (χ0v) is 11.1. The first-order chi connectivity index (χ1) is 8.00. The first-order valence-electron chi connectivity index (χ1n) is 6.13. The smallest absolute Gasteiger partial charge is 0.242 e. The van der Waals surface area contributed by atoms with Gasteiger partial charge in [0.05, 0.1) is 11.6 Å². The fourth-order valence-corrected chi connectivity index (χ4v) is 4.04. The van der Waals surface area contributed by atoms with E-state index in [2.05, 4.69) is 13.8 Å². The second-order valence-electron chi connectivity index (χ2n) is 5.90. The Morgan fingerprint density at radius 1 is 1.41 bits per heavy atom. The molecule has 2 atom stereocenters. The Balaban J connectivity index is 1.53. The Morgan fingerprint density at radius 2 is 2.06 bits per heavy atom. The van der Waals surface area contributed by atoms with E-state index in [1.54, 1.807) is 16.7 Å². The molecular weight excluding hydrogens is 236 g/mol. The van der Waals surface area contributed by atoms with Crippen molar-refractivity contribution in [2.45, 2.75) is 13.8 Å². The van der Waals surface area contributed by atoms with Crippen LogP contribution in [0.4, 0.5) is 0 Å². The summed E-state index contributed by atoms with van der Waals surface area (Å²) in [6, 6.07) is 0. The van der Waals surface area contributed by atoms with Gasteiger partial charge in [-0.25, -0.2) is 0 Å². The molecule has 1 saturated carbocycles. The molecule has 2 amide bonds. The molecule has 4 nitrogen and oxygen atoms in total. The third-order valence-electron chi connectivity index (χ3n) is 4.63. The largest absolute Gasteiger partial charge is 0.341 e. The van der Waals surface area contributed by atoms with Crippen molar-refractivity contribution < 1.29 is 9.59 Å². The number of hydrogen-bond acceptors (Lipinski definition) is 3. The molecular formula is C12H18N2O2S. The van der Waals surface area contributed by atoms with Crippen LogP contribution in [-0.4, -0.2) is 52.9 Å². The maximum absolute atomic E-state index is 12.0. The summed E-state index contributed by atoms with van der Waals surface area (Å²) in [5, 5.41) is 0. The summed E-state index contributed by atoms with van der Waals surface area (Å²) in [4.78, 5) is 27.1. The minimum absolute atomic E-state index is 0.105. The lowest BCUT2D eigenvalue weighted by molar-refractivity contribution is -0.137. The highest BCUT2D eigenvalue weighted by atomic mass is 32.2. The van der Waals surface area contributed by atoms with E-state index in [-0.39, 0.29) is 18.4 Å². The van der Waals surface area contributed by atoms with Crippen LogP contribution in [0, 0.1) is 17.3 Å². The van der Waals surface area contributed by atoms with Gasteiger partial charge in [0, 0.05) is 13.1 Å². The number of piperidine rings is 1. The lowest BCUT2D eigenvalue weighted by Gasteiger charge is -2.24. The van der Waals surface area contributed by atoms with Gasteiger partial charge < -0.3 is 9.80 Å². The standard InChI is InChI=1S/C12H18N2O2S/c1-12(2)8-3-13(4-9(8)12)10(15)5-14-7-17-6-11(14)16/h8-9H,3-7H2,1-2H3. The summed E-state index contributed by atoms with van der Waals surface area (Å²) in [5.74, 6) is 2.82. The van der Waals surface area contributed by atoms with E-state index < -0.39 is 0 Å². The summed E-state index contributed by atoms with van der Waals surface area (Å²) in [7, 11) is 0. The van der Waals surface area contributed by atoms with Crippen molar-refractivity contribution >= 4 is 23.6 Å². The maximum Gasteiger partial charge on any atom is 0.242 e. The zero-order chi connectivity index (χ0) is 12.2. The van der Waals surface area contributed by atoms with Gasteiger partial charge in [0.1, 0.15) is 6.54 Å². The van der Waals surface area contributed by atoms with Crippen LogP contribution in [0.15, 0.2) is 0 Å². The van der Waals surface area contributed by atoms with Crippen molar-refractivity contribution in [3.05, 3.63) is 0 Å². The quantitative estimate of drug-likeness (QED) is 0.726. The Morgan fingerprint density at radius 3 is 2.59 bits per heavy atom. The fraction of sp³-hybridized carbons (Fsp3) is 0.833. The molecule has 3 rings (SSSR count). The summed E-state index contributed by atoms with van der Waals surface area (Å²) < 4.78 is 0. The van der Waals surface area contributed by atoms with E-state index in [0.29, 0.717) is 28.9 Å². The highest BCUT2D eigenvalue weighted by Gasteiger charge is 2.62. The number of amides is 2. The summed E-state index contributed by atoms with van der Waals surface area (Å²) in [6.45, 7) is 6.64. The van der Waals surface area contributed by atoms with Crippen molar-refractivity contribution in [3.8, 4) is 0 Å². The predicted octanol–water partition coefficient (Wildman–Crippen LogP) is 0.634. The van der Waals surface area contributed by atoms with Gasteiger partial charge in [-0.1, -0.05) is 13.8 Å². The molecule has 17 heavy (non-hydrogen) atoms. The topological polar surface area (TPSA) is 40.6 Å². The minimum atomic E-state index is 0.105. The molecule has 0 aromatic carbocycles. The van der Waals surface area contributed by atoms with Crippen LogP contribution in [0.3, 0.4) is 0 Å². The summed E-state index contributed by atoms with van der Waals surface area (Å²) in [6.07, 6.45) is 0. The average molecular weight is 254 g/mol. The maximum atomic E-state index is 12.0. The molecule has 5 heteroatoms. The van der Waals surface area contributed by atoms with Crippen LogP contribution in [0.25, 0.3) is 0 Å². The molecule has 0 radical (unpaired) electrons. The highest BCUT2D eigenvalue weighted by molar-refractivity contribution is 8.00. The molecule has 2 saturated heterocycles. The van der Waals surface area contributed by atoms with E-state index in [9.17, 15) is 9.59 Å². The van der Waals surface area contributed by atoms with E-state index in [0.717, 1.165) is 13.1 Å². The molecule has 0 aromatic rings. The molecule has 0 spiro atoms. The number of carbonyl (C=O) groups excluding carboxylic acids is 2. The number of fused-ring (bicyclic) bond motifs is 1. The molecule has 0 bridgehead atoms. The molecule has 0 aromatic heterocycles. The van der Waals surface area contributed by atoms with Crippen LogP contribution < -0.4 is 0 Å². The fourth-order valence-electron chi connectivity index (χ4n) is 3.14. The van der Waals surface area contributed by atoms with Crippen LogP contribution in [0.1, 0.15) is 13.8 Å². The number of nitrogens with zero attached hydrogens (tertiary/aromatic N) is 2.